The summed E-state index contributed by atoms with van der Waals surface area (Å²) >= 11 is 2.57. The molecule has 55 heavy (non-hydrogen) atoms. The quantitative estimate of drug-likeness (QED) is 0.0542. The summed E-state index contributed by atoms with van der Waals surface area (Å²) in [7, 11) is 5.77. The van der Waals surface area contributed by atoms with Gasteiger partial charge in [-0.15, -0.1) is 23.1 Å². The molecule has 0 aliphatic heterocycles. The maximum atomic E-state index is 13.9. The van der Waals surface area contributed by atoms with Gasteiger partial charge in [-0.1, -0.05) is 61.0 Å². The van der Waals surface area contributed by atoms with Gasteiger partial charge < -0.3 is 34.9 Å². The second-order valence-corrected chi connectivity index (χ2v) is 14.2. The predicted octanol–water partition coefficient (Wildman–Crippen LogP) is 8.45. The molecule has 0 aliphatic rings. The molecule has 284 valence electrons. The first-order chi connectivity index (χ1) is 26.6. The molecular formula is C42H41N3O8S2. The number of hydrogen-bond acceptors (Lipinski definition) is 10. The lowest BCUT2D eigenvalue weighted by Crippen LogP contribution is -2.30. The Kier molecular flexibility index (Phi) is 13.7. The van der Waals surface area contributed by atoms with Crippen molar-refractivity contribution in [2.24, 2.45) is 0 Å². The lowest BCUT2D eigenvalue weighted by Gasteiger charge is -2.16. The van der Waals surface area contributed by atoms with Crippen molar-refractivity contribution in [3.63, 3.8) is 0 Å². The van der Waals surface area contributed by atoms with E-state index in [1.165, 1.54) is 57.6 Å². The highest BCUT2D eigenvalue weighted by Crippen LogP contribution is 2.39. The van der Waals surface area contributed by atoms with Crippen molar-refractivity contribution in [2.45, 2.75) is 30.4 Å². The molecule has 1 heterocycles. The van der Waals surface area contributed by atoms with Crippen LogP contribution in [-0.2, 0) is 14.3 Å². The van der Waals surface area contributed by atoms with Crippen LogP contribution in [0.1, 0.15) is 45.2 Å². The van der Waals surface area contributed by atoms with Crippen LogP contribution in [0.5, 0.6) is 17.2 Å². The van der Waals surface area contributed by atoms with Gasteiger partial charge in [0.25, 0.3) is 11.8 Å². The number of hydrogen-bond donors (Lipinski definition) is 3. The molecule has 5 rings (SSSR count). The van der Waals surface area contributed by atoms with E-state index in [1.807, 2.05) is 49.6 Å². The number of amides is 3. The molecule has 5 aromatic rings. The molecule has 0 saturated heterocycles. The van der Waals surface area contributed by atoms with Gasteiger partial charge in [0.1, 0.15) is 16.3 Å². The number of carbonyl (C=O) groups excluding carboxylic acids is 4. The van der Waals surface area contributed by atoms with Crippen molar-refractivity contribution >= 4 is 63.6 Å². The normalized spacial score (nSPS) is 11.6. The molecule has 3 amide bonds. The van der Waals surface area contributed by atoms with E-state index in [-0.39, 0.29) is 11.6 Å². The van der Waals surface area contributed by atoms with Crippen LogP contribution in [-0.4, -0.2) is 57.4 Å². The number of ether oxygens (including phenoxy) is 4. The summed E-state index contributed by atoms with van der Waals surface area (Å²) in [6.45, 7) is 3.88. The lowest BCUT2D eigenvalue weighted by molar-refractivity contribution is -0.116. The van der Waals surface area contributed by atoms with Crippen molar-refractivity contribution in [2.75, 3.05) is 39.1 Å². The number of anilines is 2. The van der Waals surface area contributed by atoms with Gasteiger partial charge in [0.15, 0.2) is 11.5 Å². The topological polar surface area (TPSA) is 141 Å². The highest BCUT2D eigenvalue weighted by atomic mass is 32.2. The van der Waals surface area contributed by atoms with Gasteiger partial charge in [0, 0.05) is 27.1 Å². The number of benzene rings is 4. The summed E-state index contributed by atoms with van der Waals surface area (Å²) in [6.07, 6.45) is 1.98. The van der Waals surface area contributed by atoms with Crippen LogP contribution < -0.4 is 30.2 Å². The molecule has 13 heteroatoms. The third-order valence-corrected chi connectivity index (χ3v) is 10.6. The number of thiophene rings is 1. The minimum Gasteiger partial charge on any atom is -0.493 e. The Morgan fingerprint density at radius 2 is 1.51 bits per heavy atom. The van der Waals surface area contributed by atoms with Crippen LogP contribution in [0.2, 0.25) is 0 Å². The van der Waals surface area contributed by atoms with Crippen molar-refractivity contribution in [3.8, 4) is 28.4 Å². The van der Waals surface area contributed by atoms with Gasteiger partial charge in [-0.2, -0.15) is 0 Å². The molecule has 1 atom stereocenters. The third kappa shape index (κ3) is 9.93. The monoisotopic (exact) mass is 779 g/mol. The second kappa shape index (κ2) is 18.8. The number of thioether (sulfide) groups is 1. The van der Waals surface area contributed by atoms with E-state index in [1.54, 1.807) is 60.7 Å². The van der Waals surface area contributed by atoms with Crippen molar-refractivity contribution < 1.29 is 38.1 Å². The third-order valence-electron chi connectivity index (χ3n) is 8.34. The zero-order valence-electron chi connectivity index (χ0n) is 31.2. The average Bonchev–Trinajstić information content (AvgIpc) is 3.62. The fourth-order valence-electron chi connectivity index (χ4n) is 5.52. The van der Waals surface area contributed by atoms with Gasteiger partial charge in [0.05, 0.1) is 33.7 Å². The van der Waals surface area contributed by atoms with Crippen LogP contribution in [0.4, 0.5) is 10.7 Å². The van der Waals surface area contributed by atoms with E-state index >= 15 is 0 Å². The summed E-state index contributed by atoms with van der Waals surface area (Å²) in [6, 6.07) is 26.7. The Morgan fingerprint density at radius 1 is 0.818 bits per heavy atom. The molecule has 0 fully saturated rings. The van der Waals surface area contributed by atoms with E-state index in [0.717, 1.165) is 11.1 Å². The molecule has 3 N–H and O–H groups in total. The molecule has 0 bridgehead atoms. The molecule has 0 aliphatic carbocycles. The zero-order chi connectivity index (χ0) is 39.5. The first-order valence-corrected chi connectivity index (χ1v) is 18.9. The van der Waals surface area contributed by atoms with Crippen LogP contribution in [0.25, 0.3) is 17.2 Å². The van der Waals surface area contributed by atoms with Crippen LogP contribution >= 0.6 is 23.1 Å². The Hall–Kier alpha value is -6.05. The highest BCUT2D eigenvalue weighted by Gasteiger charge is 2.26. The molecule has 0 spiro atoms. The summed E-state index contributed by atoms with van der Waals surface area (Å²) in [5.74, 6) is -0.799. The molecule has 4 aromatic carbocycles. The van der Waals surface area contributed by atoms with E-state index in [4.69, 9.17) is 18.9 Å². The van der Waals surface area contributed by atoms with Crippen molar-refractivity contribution in [1.29, 1.82) is 0 Å². The number of carbonyl (C=O) groups is 4. The average molecular weight is 780 g/mol. The number of esters is 1. The highest BCUT2D eigenvalue weighted by molar-refractivity contribution is 8.00. The molecule has 1 aromatic heterocycles. The molecular weight excluding hydrogens is 739 g/mol. The van der Waals surface area contributed by atoms with Gasteiger partial charge in [0.2, 0.25) is 11.7 Å². The summed E-state index contributed by atoms with van der Waals surface area (Å²) in [5, 5.41) is 10.3. The maximum Gasteiger partial charge on any atom is 0.341 e. The maximum absolute atomic E-state index is 13.9. The van der Waals surface area contributed by atoms with Gasteiger partial charge >= 0.3 is 5.97 Å². The Balaban J connectivity index is 1.37. The van der Waals surface area contributed by atoms with Gasteiger partial charge in [-0.05, 0) is 73.0 Å². The first-order valence-electron chi connectivity index (χ1n) is 17.1. The smallest absolute Gasteiger partial charge is 0.341 e. The number of rotatable bonds is 15. The van der Waals surface area contributed by atoms with Gasteiger partial charge in [-0.3, -0.25) is 14.4 Å². The lowest BCUT2D eigenvalue weighted by atomic mass is 10.0. The van der Waals surface area contributed by atoms with E-state index in [0.29, 0.717) is 61.5 Å². The zero-order valence-corrected chi connectivity index (χ0v) is 32.8. The van der Waals surface area contributed by atoms with Gasteiger partial charge in [-0.25, -0.2) is 4.79 Å². The summed E-state index contributed by atoms with van der Waals surface area (Å²) in [5.41, 5.74) is 4.14. The molecule has 11 nitrogen and oxygen atoms in total. The summed E-state index contributed by atoms with van der Waals surface area (Å²) in [4.78, 5) is 54.4. The van der Waals surface area contributed by atoms with Crippen LogP contribution in [0, 0.1) is 6.92 Å². The van der Waals surface area contributed by atoms with Crippen molar-refractivity contribution in [3.05, 3.63) is 124 Å². The molecule has 0 radical (unpaired) electrons. The SMILES string of the molecule is CCC(Sc1cccc(NC(=O)/C(=C\c2cc(OC)c(OC)c(OC)c2)NC(=O)c2ccccc2)c1)C(=O)Nc1scc(-c2ccc(C)cc2)c1C(=O)OC. The largest absolute Gasteiger partial charge is 0.493 e. The predicted molar refractivity (Wildman–Crippen MR) is 217 cm³/mol. The summed E-state index contributed by atoms with van der Waals surface area (Å²) < 4.78 is 21.5. The van der Waals surface area contributed by atoms with Crippen molar-refractivity contribution in [1.82, 2.24) is 5.32 Å². The van der Waals surface area contributed by atoms with E-state index in [9.17, 15) is 19.2 Å². The first kappa shape index (κ1) is 40.1. The van der Waals surface area contributed by atoms with Crippen LogP contribution in [0.3, 0.4) is 0 Å². The number of methoxy groups -OCH3 is 4. The number of nitrogens with one attached hydrogen (secondary N) is 3. The second-order valence-electron chi connectivity index (χ2n) is 12.0. The Labute approximate surface area is 328 Å². The standard InChI is InChI=1S/C42H41N3O8S2/c1-7-35(40(48)45-41-36(42(49)53-6)31(24-54-41)27-18-16-25(2)17-19-27)55-30-15-11-14-29(23-30)43-39(47)32(44-38(46)28-12-9-8-10-13-28)20-26-21-33(50-3)37(52-5)34(22-26)51-4/h8-24,35H,7H2,1-6H3,(H,43,47)(H,44,46)(H,45,48)/b32-20+. The Morgan fingerprint density at radius 3 is 2.13 bits per heavy atom. The van der Waals surface area contributed by atoms with E-state index < -0.39 is 23.0 Å². The van der Waals surface area contributed by atoms with Crippen LogP contribution in [0.15, 0.2) is 107 Å². The fourth-order valence-corrected chi connectivity index (χ4v) is 7.49. The van der Waals surface area contributed by atoms with E-state index in [2.05, 4.69) is 16.0 Å². The molecule has 0 saturated carbocycles. The Bertz CT molecular complexity index is 2180. The molecule has 1 unspecified atom stereocenters. The minimum absolute atomic E-state index is 0.0469. The minimum atomic E-state index is -0.595. The fraction of sp³-hybridized carbons (Fsp3) is 0.190. The number of aryl methyl sites for hydroxylation is 1.